The van der Waals surface area contributed by atoms with E-state index in [0.29, 0.717) is 12.8 Å². The van der Waals surface area contributed by atoms with Crippen LogP contribution in [0.4, 0.5) is 0 Å². The second-order valence-electron chi connectivity index (χ2n) is 9.78. The standard InChI is InChI=1S/C30H50N4O2/c1-5-7-9-11-13-15-17-19-29(35)33-31-25(3)27-21-23-28(24-22-27)26(4)32-34-30(36)20-18-16-14-12-10-8-6-2/h21-24H,5-20H2,1-4H3,(H,33,35)(H,34,36). The van der Waals surface area contributed by atoms with Gasteiger partial charge in [0.15, 0.2) is 0 Å². The minimum atomic E-state index is -0.0326. The molecule has 0 spiro atoms. The number of unbranched alkanes of at least 4 members (excludes halogenated alkanes) is 12. The number of amides is 2. The highest BCUT2D eigenvalue weighted by Gasteiger charge is 2.05. The summed E-state index contributed by atoms with van der Waals surface area (Å²) in [6, 6.07) is 7.82. The van der Waals surface area contributed by atoms with Gasteiger partial charge in [0, 0.05) is 12.8 Å². The zero-order valence-corrected chi connectivity index (χ0v) is 23.3. The van der Waals surface area contributed by atoms with Gasteiger partial charge in [-0.05, 0) is 37.8 Å². The maximum Gasteiger partial charge on any atom is 0.240 e. The number of benzene rings is 1. The Morgan fingerprint density at radius 2 is 0.861 bits per heavy atom. The molecule has 36 heavy (non-hydrogen) atoms. The zero-order chi connectivity index (χ0) is 26.4. The number of carbonyl (C=O) groups is 2. The molecule has 1 aromatic rings. The molecule has 202 valence electrons. The van der Waals surface area contributed by atoms with E-state index in [1.807, 2.05) is 38.1 Å². The predicted octanol–water partition coefficient (Wildman–Crippen LogP) is 7.65. The lowest BCUT2D eigenvalue weighted by molar-refractivity contribution is -0.122. The van der Waals surface area contributed by atoms with E-state index < -0.39 is 0 Å². The van der Waals surface area contributed by atoms with Crippen LogP contribution in [0.5, 0.6) is 0 Å². The first kappa shape index (κ1) is 31.5. The summed E-state index contributed by atoms with van der Waals surface area (Å²) in [5.74, 6) is -0.0653. The molecule has 2 amide bonds. The lowest BCUT2D eigenvalue weighted by atomic mass is 10.1. The van der Waals surface area contributed by atoms with Crippen molar-refractivity contribution in [1.82, 2.24) is 10.9 Å². The van der Waals surface area contributed by atoms with E-state index in [2.05, 4.69) is 34.9 Å². The second kappa shape index (κ2) is 20.7. The number of hydrogen-bond donors (Lipinski definition) is 2. The fraction of sp³-hybridized carbons (Fsp3) is 0.667. The van der Waals surface area contributed by atoms with E-state index in [1.54, 1.807) is 0 Å². The smallest absolute Gasteiger partial charge is 0.240 e. The maximum atomic E-state index is 12.1. The number of rotatable bonds is 20. The van der Waals surface area contributed by atoms with Crippen LogP contribution in [0.2, 0.25) is 0 Å². The van der Waals surface area contributed by atoms with Gasteiger partial charge < -0.3 is 0 Å². The average Bonchev–Trinajstić information content (AvgIpc) is 2.89. The predicted molar refractivity (Wildman–Crippen MR) is 152 cm³/mol. The van der Waals surface area contributed by atoms with Gasteiger partial charge in [-0.3, -0.25) is 9.59 Å². The summed E-state index contributed by atoms with van der Waals surface area (Å²) in [4.78, 5) is 24.1. The molecule has 1 aromatic carbocycles. The summed E-state index contributed by atoms with van der Waals surface area (Å²) < 4.78 is 0. The highest BCUT2D eigenvalue weighted by molar-refractivity contribution is 6.02. The van der Waals surface area contributed by atoms with E-state index in [4.69, 9.17) is 0 Å². The van der Waals surface area contributed by atoms with E-state index in [9.17, 15) is 9.59 Å². The van der Waals surface area contributed by atoms with Crippen molar-refractivity contribution in [2.75, 3.05) is 0 Å². The molecule has 0 radical (unpaired) electrons. The molecular weight excluding hydrogens is 448 g/mol. The van der Waals surface area contributed by atoms with Gasteiger partial charge >= 0.3 is 0 Å². The average molecular weight is 499 g/mol. The Kier molecular flexibility index (Phi) is 18.1. The molecule has 0 saturated carbocycles. The summed E-state index contributed by atoms with van der Waals surface area (Å²) in [5, 5.41) is 8.51. The van der Waals surface area contributed by atoms with Gasteiger partial charge in [0.1, 0.15) is 0 Å². The SMILES string of the molecule is CCCCCCCCCC(=O)NN=C(C)c1ccc(C(C)=NNC(=O)CCCCCCCCC)cc1. The first-order chi connectivity index (χ1) is 17.5. The minimum absolute atomic E-state index is 0.0326. The van der Waals surface area contributed by atoms with Crippen LogP contribution < -0.4 is 10.9 Å². The summed E-state index contributed by atoms with van der Waals surface area (Å²) in [6.07, 6.45) is 17.7. The van der Waals surface area contributed by atoms with Gasteiger partial charge in [-0.15, -0.1) is 0 Å². The molecular formula is C30H50N4O2. The minimum Gasteiger partial charge on any atom is -0.273 e. The van der Waals surface area contributed by atoms with Crippen molar-refractivity contribution in [1.29, 1.82) is 0 Å². The molecule has 0 fully saturated rings. The zero-order valence-electron chi connectivity index (χ0n) is 23.3. The molecule has 0 aliphatic heterocycles. The first-order valence-electron chi connectivity index (χ1n) is 14.2. The molecule has 2 N–H and O–H groups in total. The first-order valence-corrected chi connectivity index (χ1v) is 14.2. The van der Waals surface area contributed by atoms with Crippen molar-refractivity contribution in [3.8, 4) is 0 Å². The Bertz CT molecular complexity index is 733. The molecule has 0 heterocycles. The number of nitrogens with zero attached hydrogens (tertiary/aromatic N) is 2. The summed E-state index contributed by atoms with van der Waals surface area (Å²) in [7, 11) is 0. The Morgan fingerprint density at radius 3 is 1.19 bits per heavy atom. The van der Waals surface area contributed by atoms with Gasteiger partial charge in [0.05, 0.1) is 11.4 Å². The van der Waals surface area contributed by atoms with E-state index in [1.165, 1.54) is 64.2 Å². The molecule has 1 rings (SSSR count). The molecule has 6 nitrogen and oxygen atoms in total. The number of carbonyl (C=O) groups excluding carboxylic acids is 2. The third-order valence-corrected chi connectivity index (χ3v) is 6.43. The Labute approximate surface area is 219 Å². The van der Waals surface area contributed by atoms with Gasteiger partial charge in [-0.2, -0.15) is 10.2 Å². The van der Waals surface area contributed by atoms with Crippen molar-refractivity contribution >= 4 is 23.2 Å². The fourth-order valence-electron chi connectivity index (χ4n) is 3.97. The van der Waals surface area contributed by atoms with Crippen molar-refractivity contribution in [3.05, 3.63) is 35.4 Å². The van der Waals surface area contributed by atoms with Gasteiger partial charge in [0.25, 0.3) is 0 Å². The van der Waals surface area contributed by atoms with Crippen LogP contribution in [0.15, 0.2) is 34.5 Å². The van der Waals surface area contributed by atoms with Crippen molar-refractivity contribution < 1.29 is 9.59 Å². The fourth-order valence-corrected chi connectivity index (χ4v) is 3.97. The molecule has 0 aliphatic carbocycles. The highest BCUT2D eigenvalue weighted by atomic mass is 16.2. The van der Waals surface area contributed by atoms with Crippen LogP contribution in [-0.4, -0.2) is 23.2 Å². The molecule has 0 aromatic heterocycles. The van der Waals surface area contributed by atoms with Crippen molar-refractivity contribution in [3.63, 3.8) is 0 Å². The Balaban J connectivity index is 2.34. The van der Waals surface area contributed by atoms with Crippen LogP contribution in [0, 0.1) is 0 Å². The van der Waals surface area contributed by atoms with Gasteiger partial charge in [-0.25, -0.2) is 10.9 Å². The number of hydrogen-bond acceptors (Lipinski definition) is 4. The molecule has 0 aliphatic rings. The highest BCUT2D eigenvalue weighted by Crippen LogP contribution is 2.10. The second-order valence-corrected chi connectivity index (χ2v) is 9.78. The van der Waals surface area contributed by atoms with Crippen molar-refractivity contribution in [2.45, 2.75) is 130 Å². The monoisotopic (exact) mass is 498 g/mol. The van der Waals surface area contributed by atoms with Crippen molar-refractivity contribution in [2.24, 2.45) is 10.2 Å². The largest absolute Gasteiger partial charge is 0.273 e. The summed E-state index contributed by atoms with van der Waals surface area (Å²) in [6.45, 7) is 8.20. The van der Waals surface area contributed by atoms with Crippen LogP contribution >= 0.6 is 0 Å². The normalized spacial score (nSPS) is 12.0. The quantitative estimate of drug-likeness (QED) is 0.110. The van der Waals surface area contributed by atoms with E-state index in [-0.39, 0.29) is 11.8 Å². The summed E-state index contributed by atoms with van der Waals surface area (Å²) >= 11 is 0. The Morgan fingerprint density at radius 1 is 0.556 bits per heavy atom. The van der Waals surface area contributed by atoms with Gasteiger partial charge in [0.2, 0.25) is 11.8 Å². The molecule has 6 heteroatoms. The van der Waals surface area contributed by atoms with Crippen LogP contribution in [0.3, 0.4) is 0 Å². The summed E-state index contributed by atoms with van der Waals surface area (Å²) in [5.41, 5.74) is 8.73. The lowest BCUT2D eigenvalue weighted by Crippen LogP contribution is -2.19. The van der Waals surface area contributed by atoms with E-state index in [0.717, 1.165) is 48.2 Å². The van der Waals surface area contributed by atoms with Crippen LogP contribution in [0.1, 0.15) is 142 Å². The topological polar surface area (TPSA) is 82.9 Å². The van der Waals surface area contributed by atoms with Crippen LogP contribution in [-0.2, 0) is 9.59 Å². The maximum absolute atomic E-state index is 12.1. The van der Waals surface area contributed by atoms with Crippen LogP contribution in [0.25, 0.3) is 0 Å². The molecule has 0 atom stereocenters. The van der Waals surface area contributed by atoms with E-state index >= 15 is 0 Å². The lowest BCUT2D eigenvalue weighted by Gasteiger charge is -2.06. The third-order valence-electron chi connectivity index (χ3n) is 6.43. The molecule has 0 saturated heterocycles. The molecule has 0 bridgehead atoms. The number of hydrazone groups is 2. The van der Waals surface area contributed by atoms with Gasteiger partial charge in [-0.1, -0.05) is 115 Å². The third kappa shape index (κ3) is 15.5. The number of nitrogens with one attached hydrogen (secondary N) is 2. The Hall–Kier alpha value is -2.50. The molecule has 0 unspecified atom stereocenters.